The van der Waals surface area contributed by atoms with Crippen molar-refractivity contribution in [2.75, 3.05) is 44.2 Å². The van der Waals surface area contributed by atoms with Gasteiger partial charge in [0.25, 0.3) is 11.8 Å². The van der Waals surface area contributed by atoms with E-state index in [-0.39, 0.29) is 18.4 Å². The SMILES string of the molecule is Cc1ccc(C(=O)N2CCC(N3CCN(c4ncc(C(=O)NCc5ccc(F)c(F)c5)c(C)n4)CC3)CC2)cc1. The molecule has 5 rings (SSSR count). The Kier molecular flexibility index (Phi) is 8.35. The van der Waals surface area contributed by atoms with E-state index in [0.29, 0.717) is 28.8 Å². The maximum absolute atomic E-state index is 13.4. The van der Waals surface area contributed by atoms with Crippen molar-refractivity contribution >= 4 is 17.8 Å². The summed E-state index contributed by atoms with van der Waals surface area (Å²) in [6, 6.07) is 11.8. The summed E-state index contributed by atoms with van der Waals surface area (Å²) in [6.45, 7) is 8.71. The molecule has 40 heavy (non-hydrogen) atoms. The first-order valence-electron chi connectivity index (χ1n) is 13.7. The third kappa shape index (κ3) is 6.28. The molecule has 0 aliphatic carbocycles. The van der Waals surface area contributed by atoms with Gasteiger partial charge in [0.05, 0.1) is 11.3 Å². The molecule has 2 aliphatic heterocycles. The Bertz CT molecular complexity index is 1370. The van der Waals surface area contributed by atoms with Crippen LogP contribution in [0.1, 0.15) is 50.4 Å². The van der Waals surface area contributed by atoms with Crippen molar-refractivity contribution in [1.82, 2.24) is 25.1 Å². The van der Waals surface area contributed by atoms with Gasteiger partial charge in [0, 0.05) is 63.6 Å². The number of carbonyl (C=O) groups is 2. The molecule has 0 bridgehead atoms. The molecule has 0 spiro atoms. The third-order valence-corrected chi connectivity index (χ3v) is 7.81. The van der Waals surface area contributed by atoms with Crippen molar-refractivity contribution in [1.29, 1.82) is 0 Å². The number of rotatable bonds is 6. The van der Waals surface area contributed by atoms with E-state index >= 15 is 0 Å². The molecule has 2 aromatic carbocycles. The number of anilines is 1. The van der Waals surface area contributed by atoms with Crippen molar-refractivity contribution in [3.63, 3.8) is 0 Å². The molecule has 1 aromatic heterocycles. The molecule has 2 fully saturated rings. The average molecular weight is 549 g/mol. The number of carbonyl (C=O) groups excluding carboxylic acids is 2. The number of likely N-dealkylation sites (tertiary alicyclic amines) is 1. The molecule has 3 aromatic rings. The van der Waals surface area contributed by atoms with Crippen LogP contribution in [0.3, 0.4) is 0 Å². The summed E-state index contributed by atoms with van der Waals surface area (Å²) >= 11 is 0. The first-order valence-corrected chi connectivity index (χ1v) is 13.7. The quantitative estimate of drug-likeness (QED) is 0.506. The number of halogens is 2. The van der Waals surface area contributed by atoms with Gasteiger partial charge in [-0.05, 0) is 56.5 Å². The van der Waals surface area contributed by atoms with Crippen LogP contribution in [0.2, 0.25) is 0 Å². The second kappa shape index (κ2) is 12.1. The van der Waals surface area contributed by atoms with Crippen molar-refractivity contribution in [2.45, 2.75) is 39.3 Å². The zero-order chi connectivity index (χ0) is 28.2. The molecule has 1 N–H and O–H groups in total. The van der Waals surface area contributed by atoms with Gasteiger partial charge >= 0.3 is 0 Å². The highest BCUT2D eigenvalue weighted by Crippen LogP contribution is 2.22. The Morgan fingerprint density at radius 3 is 2.27 bits per heavy atom. The maximum atomic E-state index is 13.4. The summed E-state index contributed by atoms with van der Waals surface area (Å²) in [5.41, 5.74) is 3.26. The lowest BCUT2D eigenvalue weighted by Gasteiger charge is -2.42. The Morgan fingerprint density at radius 2 is 1.62 bits per heavy atom. The molecule has 2 aliphatic rings. The largest absolute Gasteiger partial charge is 0.348 e. The first-order chi connectivity index (χ1) is 19.3. The minimum atomic E-state index is -0.950. The van der Waals surface area contributed by atoms with Gasteiger partial charge in [0.1, 0.15) is 0 Å². The van der Waals surface area contributed by atoms with E-state index < -0.39 is 11.6 Å². The van der Waals surface area contributed by atoms with Crippen LogP contribution in [-0.4, -0.2) is 76.9 Å². The minimum Gasteiger partial charge on any atom is -0.348 e. The van der Waals surface area contributed by atoms with Gasteiger partial charge in [-0.2, -0.15) is 0 Å². The van der Waals surface area contributed by atoms with Gasteiger partial charge in [-0.3, -0.25) is 14.5 Å². The zero-order valence-electron chi connectivity index (χ0n) is 22.9. The van der Waals surface area contributed by atoms with Gasteiger partial charge in [-0.25, -0.2) is 18.7 Å². The lowest BCUT2D eigenvalue weighted by atomic mass is 10.0. The molecule has 0 atom stereocenters. The van der Waals surface area contributed by atoms with Crippen LogP contribution in [0.5, 0.6) is 0 Å². The Morgan fingerprint density at radius 1 is 0.925 bits per heavy atom. The molecule has 0 unspecified atom stereocenters. The summed E-state index contributed by atoms with van der Waals surface area (Å²) in [4.78, 5) is 41.1. The van der Waals surface area contributed by atoms with Crippen LogP contribution < -0.4 is 10.2 Å². The average Bonchev–Trinajstić information content (AvgIpc) is 2.98. The highest BCUT2D eigenvalue weighted by atomic mass is 19.2. The number of piperidine rings is 1. The first kappa shape index (κ1) is 27.6. The van der Waals surface area contributed by atoms with Crippen LogP contribution >= 0.6 is 0 Å². The number of nitrogens with one attached hydrogen (secondary N) is 1. The second-order valence-corrected chi connectivity index (χ2v) is 10.5. The third-order valence-electron chi connectivity index (χ3n) is 7.81. The van der Waals surface area contributed by atoms with E-state index in [9.17, 15) is 18.4 Å². The Hall–Kier alpha value is -3.92. The number of benzene rings is 2. The number of aryl methyl sites for hydroxylation is 2. The van der Waals surface area contributed by atoms with Crippen molar-refractivity contribution < 1.29 is 18.4 Å². The van der Waals surface area contributed by atoms with E-state index in [1.165, 1.54) is 12.3 Å². The topological polar surface area (TPSA) is 81.7 Å². The molecular weight excluding hydrogens is 514 g/mol. The van der Waals surface area contributed by atoms with Crippen LogP contribution in [0.4, 0.5) is 14.7 Å². The summed E-state index contributed by atoms with van der Waals surface area (Å²) in [6.07, 6.45) is 3.44. The Balaban J connectivity index is 1.10. The standard InChI is InChI=1S/C30H34F2N6O2/c1-20-3-6-23(7-4-20)29(40)37-11-9-24(10-12-37)36-13-15-38(16-14-36)30-34-19-25(21(2)35-30)28(39)33-18-22-5-8-26(31)27(32)17-22/h3-8,17,19,24H,9-16,18H2,1-2H3,(H,33,39). The fourth-order valence-electron chi connectivity index (χ4n) is 5.36. The predicted octanol–water partition coefficient (Wildman–Crippen LogP) is 3.73. The van der Waals surface area contributed by atoms with Gasteiger partial charge < -0.3 is 15.1 Å². The van der Waals surface area contributed by atoms with Crippen molar-refractivity contribution in [2.24, 2.45) is 0 Å². The maximum Gasteiger partial charge on any atom is 0.254 e. The van der Waals surface area contributed by atoms with E-state index in [1.54, 1.807) is 6.92 Å². The fraction of sp³-hybridized carbons (Fsp3) is 0.400. The fourth-order valence-corrected chi connectivity index (χ4v) is 5.36. The van der Waals surface area contributed by atoms with Crippen LogP contribution in [0.25, 0.3) is 0 Å². The summed E-state index contributed by atoms with van der Waals surface area (Å²) in [7, 11) is 0. The van der Waals surface area contributed by atoms with Crippen LogP contribution in [-0.2, 0) is 6.54 Å². The van der Waals surface area contributed by atoms with Crippen molar-refractivity contribution in [3.05, 3.63) is 88.2 Å². The lowest BCUT2D eigenvalue weighted by Crippen LogP contribution is -2.54. The second-order valence-electron chi connectivity index (χ2n) is 10.5. The molecular formula is C30H34F2N6O2. The van der Waals surface area contributed by atoms with Gasteiger partial charge in [0.15, 0.2) is 11.6 Å². The molecule has 2 saturated heterocycles. The molecule has 210 valence electrons. The van der Waals surface area contributed by atoms with Gasteiger partial charge in [-0.1, -0.05) is 23.8 Å². The summed E-state index contributed by atoms with van der Waals surface area (Å²) in [5, 5.41) is 2.71. The number of hydrogen-bond donors (Lipinski definition) is 1. The lowest BCUT2D eigenvalue weighted by molar-refractivity contribution is 0.0610. The van der Waals surface area contributed by atoms with E-state index in [4.69, 9.17) is 0 Å². The number of piperazine rings is 1. The highest BCUT2D eigenvalue weighted by Gasteiger charge is 2.30. The molecule has 0 saturated carbocycles. The summed E-state index contributed by atoms with van der Waals surface area (Å²) in [5.74, 6) is -1.54. The minimum absolute atomic E-state index is 0.0677. The number of aromatic nitrogens is 2. The predicted molar refractivity (Wildman–Crippen MR) is 148 cm³/mol. The van der Waals surface area contributed by atoms with Crippen molar-refractivity contribution in [3.8, 4) is 0 Å². The molecule has 0 radical (unpaired) electrons. The normalized spacial score (nSPS) is 16.7. The van der Waals surface area contributed by atoms with Crippen LogP contribution in [0, 0.1) is 25.5 Å². The van der Waals surface area contributed by atoms with Crippen LogP contribution in [0.15, 0.2) is 48.7 Å². The molecule has 8 nitrogen and oxygen atoms in total. The molecule has 3 heterocycles. The monoisotopic (exact) mass is 548 g/mol. The summed E-state index contributed by atoms with van der Waals surface area (Å²) < 4.78 is 26.6. The van der Waals surface area contributed by atoms with E-state index in [0.717, 1.165) is 75.4 Å². The van der Waals surface area contributed by atoms with Gasteiger partial charge in [-0.15, -0.1) is 0 Å². The highest BCUT2D eigenvalue weighted by molar-refractivity contribution is 5.95. The Labute approximate surface area is 233 Å². The molecule has 10 heteroatoms. The van der Waals surface area contributed by atoms with E-state index in [2.05, 4.69) is 25.1 Å². The number of hydrogen-bond acceptors (Lipinski definition) is 6. The number of nitrogens with zero attached hydrogens (tertiary/aromatic N) is 5. The smallest absolute Gasteiger partial charge is 0.254 e. The number of amides is 2. The zero-order valence-corrected chi connectivity index (χ0v) is 22.9. The van der Waals surface area contributed by atoms with Gasteiger partial charge in [0.2, 0.25) is 5.95 Å². The van der Waals surface area contributed by atoms with E-state index in [1.807, 2.05) is 36.1 Å². The molecule has 2 amide bonds.